The van der Waals surface area contributed by atoms with Crippen molar-refractivity contribution in [3.8, 4) is 5.75 Å². The molecule has 0 radical (unpaired) electrons. The number of benzene rings is 1. The molecule has 1 aromatic carbocycles. The largest absolute Gasteiger partial charge is 0.497 e. The summed E-state index contributed by atoms with van der Waals surface area (Å²) in [4.78, 5) is 2.37. The zero-order valence-electron chi connectivity index (χ0n) is 11.1. The number of hydrogen-bond acceptors (Lipinski definition) is 4. The van der Waals surface area contributed by atoms with Crippen LogP contribution in [0, 0.1) is 0 Å². The number of nitrogens with zero attached hydrogens (tertiary/aromatic N) is 1. The van der Waals surface area contributed by atoms with Crippen LogP contribution in [0.4, 0.5) is 0 Å². The molecule has 0 aliphatic carbocycles. The van der Waals surface area contributed by atoms with Gasteiger partial charge < -0.3 is 15.2 Å². The molecule has 1 heterocycles. The molecule has 0 saturated carbocycles. The van der Waals surface area contributed by atoms with Gasteiger partial charge in [-0.15, -0.1) is 0 Å². The van der Waals surface area contributed by atoms with Gasteiger partial charge in [0, 0.05) is 13.1 Å². The molecule has 1 fully saturated rings. The van der Waals surface area contributed by atoms with E-state index in [4.69, 9.17) is 15.2 Å². The van der Waals surface area contributed by atoms with E-state index in [-0.39, 0.29) is 12.1 Å². The van der Waals surface area contributed by atoms with Crippen molar-refractivity contribution in [3.63, 3.8) is 0 Å². The second-order valence-corrected chi connectivity index (χ2v) is 4.60. The average molecular weight is 250 g/mol. The maximum absolute atomic E-state index is 6.30. The third-order valence-corrected chi connectivity index (χ3v) is 3.50. The summed E-state index contributed by atoms with van der Waals surface area (Å²) in [7, 11) is 1.67. The lowest BCUT2D eigenvalue weighted by Crippen LogP contribution is -2.46. The van der Waals surface area contributed by atoms with Crippen LogP contribution in [0.15, 0.2) is 24.3 Å². The Kier molecular flexibility index (Phi) is 4.58. The molecule has 0 amide bonds. The topological polar surface area (TPSA) is 47.7 Å². The monoisotopic (exact) mass is 250 g/mol. The highest BCUT2D eigenvalue weighted by Crippen LogP contribution is 2.23. The minimum atomic E-state index is -0.102. The Morgan fingerprint density at radius 2 is 2.39 bits per heavy atom. The second kappa shape index (κ2) is 6.18. The standard InChI is InChI=1S/C14H22N2O2/c1-3-16-7-8-18-13(10-16)14(15)11-5-4-6-12(9-11)17-2/h4-6,9,13-14H,3,7-8,10,15H2,1-2H3. The molecule has 2 rings (SSSR count). The van der Waals surface area contributed by atoms with E-state index in [1.807, 2.05) is 24.3 Å². The first kappa shape index (κ1) is 13.3. The van der Waals surface area contributed by atoms with E-state index in [0.29, 0.717) is 0 Å². The van der Waals surface area contributed by atoms with Crippen LogP contribution >= 0.6 is 0 Å². The number of morpholine rings is 1. The first-order valence-corrected chi connectivity index (χ1v) is 6.48. The van der Waals surface area contributed by atoms with Crippen molar-refractivity contribution in [1.82, 2.24) is 4.90 Å². The highest BCUT2D eigenvalue weighted by molar-refractivity contribution is 5.31. The molecule has 2 N–H and O–H groups in total. The Hall–Kier alpha value is -1.10. The fraction of sp³-hybridized carbons (Fsp3) is 0.571. The maximum Gasteiger partial charge on any atom is 0.119 e. The Morgan fingerprint density at radius 3 is 3.11 bits per heavy atom. The lowest BCUT2D eigenvalue weighted by Gasteiger charge is -2.35. The highest BCUT2D eigenvalue weighted by atomic mass is 16.5. The lowest BCUT2D eigenvalue weighted by atomic mass is 10.0. The van der Waals surface area contributed by atoms with Crippen molar-refractivity contribution in [2.75, 3.05) is 33.4 Å². The van der Waals surface area contributed by atoms with E-state index in [9.17, 15) is 0 Å². The van der Waals surface area contributed by atoms with Gasteiger partial charge in [-0.3, -0.25) is 4.90 Å². The van der Waals surface area contributed by atoms with Gasteiger partial charge in [0.25, 0.3) is 0 Å². The van der Waals surface area contributed by atoms with Crippen LogP contribution < -0.4 is 10.5 Å². The summed E-state index contributed by atoms with van der Waals surface area (Å²) >= 11 is 0. The molecule has 18 heavy (non-hydrogen) atoms. The Bertz CT molecular complexity index is 384. The fourth-order valence-corrected chi connectivity index (χ4v) is 2.30. The molecule has 0 aromatic heterocycles. The number of methoxy groups -OCH3 is 1. The smallest absolute Gasteiger partial charge is 0.119 e. The fourth-order valence-electron chi connectivity index (χ4n) is 2.30. The number of nitrogens with two attached hydrogens (primary N) is 1. The van der Waals surface area contributed by atoms with Gasteiger partial charge in [0.15, 0.2) is 0 Å². The summed E-state index contributed by atoms with van der Waals surface area (Å²) in [5, 5.41) is 0. The van der Waals surface area contributed by atoms with Crippen molar-refractivity contribution < 1.29 is 9.47 Å². The van der Waals surface area contributed by atoms with E-state index >= 15 is 0 Å². The van der Waals surface area contributed by atoms with Gasteiger partial charge in [-0.25, -0.2) is 0 Å². The van der Waals surface area contributed by atoms with E-state index in [0.717, 1.165) is 37.6 Å². The van der Waals surface area contributed by atoms with Gasteiger partial charge in [0.1, 0.15) is 5.75 Å². The summed E-state index contributed by atoms with van der Waals surface area (Å²) < 4.78 is 11.0. The van der Waals surface area contributed by atoms with Crippen LogP contribution in [0.5, 0.6) is 5.75 Å². The van der Waals surface area contributed by atoms with Crippen molar-refractivity contribution >= 4 is 0 Å². The van der Waals surface area contributed by atoms with Crippen LogP contribution in [0.3, 0.4) is 0 Å². The van der Waals surface area contributed by atoms with Gasteiger partial charge in [0.2, 0.25) is 0 Å². The third-order valence-electron chi connectivity index (χ3n) is 3.50. The third kappa shape index (κ3) is 3.02. The van der Waals surface area contributed by atoms with Crippen molar-refractivity contribution in [2.24, 2.45) is 5.73 Å². The quantitative estimate of drug-likeness (QED) is 0.878. The van der Waals surface area contributed by atoms with Crippen molar-refractivity contribution in [1.29, 1.82) is 0 Å². The van der Waals surface area contributed by atoms with Gasteiger partial charge in [-0.2, -0.15) is 0 Å². The molecule has 0 bridgehead atoms. The molecule has 4 heteroatoms. The van der Waals surface area contributed by atoms with Crippen LogP contribution in [0.1, 0.15) is 18.5 Å². The van der Waals surface area contributed by atoms with E-state index in [1.54, 1.807) is 7.11 Å². The molecular formula is C14H22N2O2. The van der Waals surface area contributed by atoms with Gasteiger partial charge >= 0.3 is 0 Å². The molecular weight excluding hydrogens is 228 g/mol. The molecule has 4 nitrogen and oxygen atoms in total. The van der Waals surface area contributed by atoms with Gasteiger partial charge in [-0.1, -0.05) is 19.1 Å². The molecule has 1 aliphatic rings. The molecule has 1 aliphatic heterocycles. The molecule has 0 spiro atoms. The Labute approximate surface area is 109 Å². The molecule has 1 aromatic rings. The van der Waals surface area contributed by atoms with Crippen LogP contribution in [0.2, 0.25) is 0 Å². The number of hydrogen-bond donors (Lipinski definition) is 1. The SMILES string of the molecule is CCN1CCOC(C(N)c2cccc(OC)c2)C1. The van der Waals surface area contributed by atoms with Crippen LogP contribution in [0.25, 0.3) is 0 Å². The minimum absolute atomic E-state index is 0.0609. The lowest BCUT2D eigenvalue weighted by molar-refractivity contribution is -0.0392. The Balaban J connectivity index is 2.07. The zero-order chi connectivity index (χ0) is 13.0. The number of rotatable bonds is 4. The van der Waals surface area contributed by atoms with Crippen LogP contribution in [-0.2, 0) is 4.74 Å². The summed E-state index contributed by atoms with van der Waals surface area (Å²) in [6.45, 7) is 5.87. The predicted octanol–water partition coefficient (Wildman–Crippen LogP) is 1.42. The predicted molar refractivity (Wildman–Crippen MR) is 71.8 cm³/mol. The second-order valence-electron chi connectivity index (χ2n) is 4.60. The van der Waals surface area contributed by atoms with Crippen molar-refractivity contribution in [3.05, 3.63) is 29.8 Å². The summed E-state index contributed by atoms with van der Waals surface area (Å²) in [5.41, 5.74) is 7.37. The van der Waals surface area contributed by atoms with Crippen LogP contribution in [-0.4, -0.2) is 44.4 Å². The van der Waals surface area contributed by atoms with E-state index in [1.165, 1.54) is 0 Å². The van der Waals surface area contributed by atoms with E-state index in [2.05, 4.69) is 11.8 Å². The zero-order valence-corrected chi connectivity index (χ0v) is 11.1. The molecule has 2 unspecified atom stereocenters. The Morgan fingerprint density at radius 1 is 1.56 bits per heavy atom. The molecule has 2 atom stereocenters. The van der Waals surface area contributed by atoms with Gasteiger partial charge in [-0.05, 0) is 24.2 Å². The van der Waals surface area contributed by atoms with Gasteiger partial charge in [0.05, 0.1) is 25.9 Å². The molecule has 100 valence electrons. The summed E-state index contributed by atoms with van der Waals surface area (Å²) in [5.74, 6) is 0.839. The van der Waals surface area contributed by atoms with Crippen molar-refractivity contribution in [2.45, 2.75) is 19.1 Å². The average Bonchev–Trinajstić information content (AvgIpc) is 2.46. The summed E-state index contributed by atoms with van der Waals surface area (Å²) in [6, 6.07) is 7.81. The first-order chi connectivity index (χ1) is 8.74. The minimum Gasteiger partial charge on any atom is -0.497 e. The number of ether oxygens (including phenoxy) is 2. The van der Waals surface area contributed by atoms with E-state index < -0.39 is 0 Å². The molecule has 1 saturated heterocycles. The number of likely N-dealkylation sites (N-methyl/N-ethyl adjacent to an activating group) is 1. The first-order valence-electron chi connectivity index (χ1n) is 6.48. The maximum atomic E-state index is 6.30. The summed E-state index contributed by atoms with van der Waals surface area (Å²) in [6.07, 6.45) is 0.0609. The highest BCUT2D eigenvalue weighted by Gasteiger charge is 2.26. The normalized spacial score (nSPS) is 22.7.